The van der Waals surface area contributed by atoms with Gasteiger partial charge in [0.15, 0.2) is 11.6 Å². The minimum absolute atomic E-state index is 0.0105. The number of hydrogen-bond acceptors (Lipinski definition) is 3. The summed E-state index contributed by atoms with van der Waals surface area (Å²) in [7, 11) is 1.95. The van der Waals surface area contributed by atoms with Crippen molar-refractivity contribution < 1.29 is 9.21 Å². The van der Waals surface area contributed by atoms with Gasteiger partial charge in [0, 0.05) is 18.7 Å². The summed E-state index contributed by atoms with van der Waals surface area (Å²) in [6, 6.07) is 3.34. The number of amides is 1. The molecule has 1 heterocycles. The topological polar surface area (TPSA) is 59.5 Å². The van der Waals surface area contributed by atoms with E-state index in [1.54, 1.807) is 12.1 Å². The second-order valence-corrected chi connectivity index (χ2v) is 7.21. The molecule has 4 saturated carbocycles. The van der Waals surface area contributed by atoms with Gasteiger partial charge in [-0.05, 0) is 62.3 Å². The van der Waals surface area contributed by atoms with Gasteiger partial charge >= 0.3 is 0 Å². The van der Waals surface area contributed by atoms with Gasteiger partial charge in [0.05, 0.1) is 0 Å². The molecular formula is C16H22N2O2. The molecule has 4 aliphatic rings. The zero-order valence-corrected chi connectivity index (χ0v) is 12.0. The molecule has 0 aliphatic heterocycles. The van der Waals surface area contributed by atoms with Gasteiger partial charge in [-0.15, -0.1) is 0 Å². The average molecular weight is 274 g/mol. The van der Waals surface area contributed by atoms with Gasteiger partial charge in [-0.3, -0.25) is 4.79 Å². The molecule has 4 nitrogen and oxygen atoms in total. The second kappa shape index (κ2) is 4.03. The first-order chi connectivity index (χ1) is 9.56. The van der Waals surface area contributed by atoms with Crippen LogP contribution in [0, 0.1) is 17.8 Å². The fourth-order valence-electron chi connectivity index (χ4n) is 5.32. The summed E-state index contributed by atoms with van der Waals surface area (Å²) < 4.78 is 5.32. The van der Waals surface area contributed by atoms with Crippen molar-refractivity contribution in [3.63, 3.8) is 0 Å². The Balaban J connectivity index is 1.61. The number of nitrogens with two attached hydrogens (primary N) is 1. The summed E-state index contributed by atoms with van der Waals surface area (Å²) in [6.45, 7) is 0. The van der Waals surface area contributed by atoms with Gasteiger partial charge in [-0.25, -0.2) is 0 Å². The molecule has 4 bridgehead atoms. The van der Waals surface area contributed by atoms with Crippen molar-refractivity contribution in [2.75, 3.05) is 12.8 Å². The third-order valence-corrected chi connectivity index (χ3v) is 5.86. The van der Waals surface area contributed by atoms with Crippen LogP contribution in [0.1, 0.15) is 49.1 Å². The Bertz CT molecular complexity index is 513. The van der Waals surface area contributed by atoms with Crippen LogP contribution in [0.2, 0.25) is 0 Å². The standard InChI is InChI=1S/C16H22N2O2/c1-18(15(19)13-2-3-14(17)20-13)16-7-10-4-11(8-16)6-12(5-10)9-16/h2-3,10-12H,4-9,17H2,1H3. The van der Waals surface area contributed by atoms with Gasteiger partial charge in [0.2, 0.25) is 0 Å². The molecule has 5 rings (SSSR count). The highest BCUT2D eigenvalue weighted by molar-refractivity contribution is 5.92. The lowest BCUT2D eigenvalue weighted by Gasteiger charge is -2.59. The van der Waals surface area contributed by atoms with E-state index in [0.29, 0.717) is 11.6 Å². The molecule has 0 atom stereocenters. The third-order valence-electron chi connectivity index (χ3n) is 5.86. The Morgan fingerprint density at radius 3 is 2.20 bits per heavy atom. The van der Waals surface area contributed by atoms with Crippen molar-refractivity contribution in [3.8, 4) is 0 Å². The summed E-state index contributed by atoms with van der Waals surface area (Å²) in [5.74, 6) is 3.17. The minimum Gasteiger partial charge on any atom is -0.436 e. The van der Waals surface area contributed by atoms with Gasteiger partial charge < -0.3 is 15.1 Å². The van der Waals surface area contributed by atoms with Crippen LogP contribution in [0.15, 0.2) is 16.5 Å². The monoisotopic (exact) mass is 274 g/mol. The molecule has 1 aromatic heterocycles. The predicted molar refractivity (Wildman–Crippen MR) is 76.1 cm³/mol. The first-order valence-corrected chi connectivity index (χ1v) is 7.69. The molecule has 0 aromatic carbocycles. The van der Waals surface area contributed by atoms with E-state index in [9.17, 15) is 4.79 Å². The first-order valence-electron chi connectivity index (χ1n) is 7.69. The van der Waals surface area contributed by atoms with E-state index < -0.39 is 0 Å². The maximum absolute atomic E-state index is 12.7. The van der Waals surface area contributed by atoms with Crippen molar-refractivity contribution in [1.82, 2.24) is 4.90 Å². The maximum Gasteiger partial charge on any atom is 0.289 e. The van der Waals surface area contributed by atoms with Crippen molar-refractivity contribution in [2.45, 2.75) is 44.1 Å². The highest BCUT2D eigenvalue weighted by atomic mass is 16.4. The summed E-state index contributed by atoms with van der Waals surface area (Å²) >= 11 is 0. The summed E-state index contributed by atoms with van der Waals surface area (Å²) in [5.41, 5.74) is 5.66. The van der Waals surface area contributed by atoms with Gasteiger partial charge in [-0.2, -0.15) is 0 Å². The van der Waals surface area contributed by atoms with Crippen LogP contribution in [-0.4, -0.2) is 23.4 Å². The lowest BCUT2D eigenvalue weighted by atomic mass is 9.52. The zero-order chi connectivity index (χ0) is 13.9. The van der Waals surface area contributed by atoms with Gasteiger partial charge in [0.25, 0.3) is 5.91 Å². The van der Waals surface area contributed by atoms with Crippen LogP contribution in [-0.2, 0) is 0 Å². The number of hydrogen-bond donors (Lipinski definition) is 1. The van der Waals surface area contributed by atoms with E-state index in [1.807, 2.05) is 11.9 Å². The third kappa shape index (κ3) is 1.70. The lowest BCUT2D eigenvalue weighted by Crippen LogP contribution is -2.60. The van der Waals surface area contributed by atoms with E-state index in [0.717, 1.165) is 17.8 Å². The van der Waals surface area contributed by atoms with Crippen LogP contribution in [0.25, 0.3) is 0 Å². The Morgan fingerprint density at radius 1 is 1.20 bits per heavy atom. The normalized spacial score (nSPS) is 38.1. The molecule has 0 saturated heterocycles. The highest BCUT2D eigenvalue weighted by Gasteiger charge is 2.54. The van der Waals surface area contributed by atoms with Crippen molar-refractivity contribution in [2.24, 2.45) is 17.8 Å². The molecule has 0 spiro atoms. The maximum atomic E-state index is 12.7. The van der Waals surface area contributed by atoms with E-state index in [2.05, 4.69) is 0 Å². The highest BCUT2D eigenvalue weighted by Crippen LogP contribution is 2.57. The van der Waals surface area contributed by atoms with Crippen molar-refractivity contribution >= 4 is 11.8 Å². The van der Waals surface area contributed by atoms with Crippen LogP contribution in [0.4, 0.5) is 5.88 Å². The van der Waals surface area contributed by atoms with Crippen molar-refractivity contribution in [3.05, 3.63) is 17.9 Å². The number of nitrogens with zero attached hydrogens (tertiary/aromatic N) is 1. The molecule has 1 amide bonds. The Labute approximate surface area is 119 Å². The number of carbonyl (C=O) groups excluding carboxylic acids is 1. The van der Waals surface area contributed by atoms with E-state index in [-0.39, 0.29) is 11.4 Å². The van der Waals surface area contributed by atoms with E-state index in [1.165, 1.54) is 38.5 Å². The van der Waals surface area contributed by atoms with Gasteiger partial charge in [0.1, 0.15) is 0 Å². The van der Waals surface area contributed by atoms with Crippen LogP contribution in [0.3, 0.4) is 0 Å². The lowest BCUT2D eigenvalue weighted by molar-refractivity contribution is -0.0672. The van der Waals surface area contributed by atoms with Crippen molar-refractivity contribution in [1.29, 1.82) is 0 Å². The molecule has 4 heteroatoms. The molecule has 4 aliphatic carbocycles. The summed E-state index contributed by atoms with van der Waals surface area (Å²) in [6.07, 6.45) is 7.69. The molecule has 2 N–H and O–H groups in total. The SMILES string of the molecule is CN(C(=O)c1ccc(N)o1)C12CC3CC(CC(C3)C1)C2. The molecular weight excluding hydrogens is 252 g/mol. The predicted octanol–water partition coefficient (Wildman–Crippen LogP) is 2.90. The van der Waals surface area contributed by atoms with Crippen LogP contribution in [0.5, 0.6) is 0 Å². The average Bonchev–Trinajstić information content (AvgIpc) is 2.82. The number of nitrogen functional groups attached to an aromatic ring is 1. The molecule has 1 aromatic rings. The Kier molecular flexibility index (Phi) is 2.48. The quantitative estimate of drug-likeness (QED) is 0.902. The minimum atomic E-state index is -0.0105. The first kappa shape index (κ1) is 12.3. The van der Waals surface area contributed by atoms with E-state index >= 15 is 0 Å². The summed E-state index contributed by atoms with van der Waals surface area (Å²) in [5, 5.41) is 0. The Hall–Kier alpha value is -1.45. The number of anilines is 1. The summed E-state index contributed by atoms with van der Waals surface area (Å²) in [4.78, 5) is 14.6. The molecule has 4 fully saturated rings. The molecule has 0 radical (unpaired) electrons. The smallest absolute Gasteiger partial charge is 0.289 e. The molecule has 108 valence electrons. The number of rotatable bonds is 2. The second-order valence-electron chi connectivity index (χ2n) is 7.21. The molecule has 20 heavy (non-hydrogen) atoms. The fraction of sp³-hybridized carbons (Fsp3) is 0.688. The van der Waals surface area contributed by atoms with E-state index in [4.69, 9.17) is 10.2 Å². The number of carbonyl (C=O) groups is 1. The van der Waals surface area contributed by atoms with Crippen LogP contribution >= 0.6 is 0 Å². The zero-order valence-electron chi connectivity index (χ0n) is 12.0. The largest absolute Gasteiger partial charge is 0.436 e. The molecule has 0 unspecified atom stereocenters. The number of furan rings is 1. The van der Waals surface area contributed by atoms with Crippen LogP contribution < -0.4 is 5.73 Å². The fourth-order valence-corrected chi connectivity index (χ4v) is 5.32. The Morgan fingerprint density at radius 2 is 1.75 bits per heavy atom. The van der Waals surface area contributed by atoms with Gasteiger partial charge in [-0.1, -0.05) is 0 Å².